The molecule has 5 rings (SSSR count). The van der Waals surface area contributed by atoms with Crippen LogP contribution >= 0.6 is 0 Å². The van der Waals surface area contributed by atoms with Crippen molar-refractivity contribution in [2.24, 2.45) is 5.73 Å². The third-order valence-corrected chi connectivity index (χ3v) is 5.03. The first kappa shape index (κ1) is 13.8. The van der Waals surface area contributed by atoms with Gasteiger partial charge in [0.05, 0.1) is 12.2 Å². The van der Waals surface area contributed by atoms with Gasteiger partial charge < -0.3 is 15.2 Å². The van der Waals surface area contributed by atoms with E-state index in [1.165, 1.54) is 5.56 Å². The maximum Gasteiger partial charge on any atom is 0.127 e. The van der Waals surface area contributed by atoms with Gasteiger partial charge in [-0.3, -0.25) is 0 Å². The highest BCUT2D eigenvalue weighted by molar-refractivity contribution is 5.37. The van der Waals surface area contributed by atoms with E-state index >= 15 is 0 Å². The molecule has 114 valence electrons. The van der Waals surface area contributed by atoms with Crippen molar-refractivity contribution >= 4 is 0 Å². The normalized spacial score (nSPS) is 30.2. The van der Waals surface area contributed by atoms with E-state index in [9.17, 15) is 0 Å². The topological polar surface area (TPSA) is 44.5 Å². The molecule has 0 aromatic heterocycles. The highest BCUT2D eigenvalue weighted by atomic mass is 16.5. The van der Waals surface area contributed by atoms with Gasteiger partial charge in [0.15, 0.2) is 0 Å². The first-order chi connectivity index (χ1) is 10.7. The second kappa shape index (κ2) is 5.11. The van der Waals surface area contributed by atoms with Crippen LogP contribution in [-0.2, 0) is 10.3 Å². The van der Waals surface area contributed by atoms with Crippen LogP contribution in [0.25, 0.3) is 0 Å². The zero-order chi connectivity index (χ0) is 15.0. The molecule has 2 saturated heterocycles. The number of hydrogen-bond acceptors (Lipinski definition) is 3. The lowest BCUT2D eigenvalue weighted by Gasteiger charge is -2.51. The fourth-order valence-electron chi connectivity index (χ4n) is 3.56. The minimum absolute atomic E-state index is 0.0973. The van der Waals surface area contributed by atoms with Crippen molar-refractivity contribution < 1.29 is 9.47 Å². The van der Waals surface area contributed by atoms with E-state index in [0.717, 1.165) is 37.2 Å². The van der Waals surface area contributed by atoms with Crippen LogP contribution in [0, 0.1) is 0 Å². The van der Waals surface area contributed by atoms with E-state index in [1.807, 2.05) is 42.5 Å². The maximum atomic E-state index is 6.32. The quantitative estimate of drug-likeness (QED) is 0.931. The van der Waals surface area contributed by atoms with E-state index < -0.39 is 0 Å². The van der Waals surface area contributed by atoms with Crippen molar-refractivity contribution in [3.63, 3.8) is 0 Å². The molecule has 2 aliphatic heterocycles. The third kappa shape index (κ3) is 2.40. The molecule has 2 aromatic carbocycles. The molecule has 0 atom stereocenters. The Hall–Kier alpha value is -1.84. The van der Waals surface area contributed by atoms with Gasteiger partial charge in [-0.1, -0.05) is 30.3 Å². The van der Waals surface area contributed by atoms with Gasteiger partial charge in [-0.05, 0) is 55.5 Å². The van der Waals surface area contributed by atoms with E-state index in [2.05, 4.69) is 12.1 Å². The largest absolute Gasteiger partial charge is 0.457 e. The predicted octanol–water partition coefficient (Wildman–Crippen LogP) is 3.98. The lowest BCUT2D eigenvalue weighted by atomic mass is 9.69. The van der Waals surface area contributed by atoms with Crippen LogP contribution in [0.2, 0.25) is 0 Å². The van der Waals surface area contributed by atoms with Crippen molar-refractivity contribution in [1.82, 2.24) is 0 Å². The summed E-state index contributed by atoms with van der Waals surface area (Å²) in [5.41, 5.74) is 7.26. The summed E-state index contributed by atoms with van der Waals surface area (Å²) < 4.78 is 12.1. The summed E-state index contributed by atoms with van der Waals surface area (Å²) in [5, 5.41) is 0. The Morgan fingerprint density at radius 3 is 2.27 bits per heavy atom. The molecule has 2 N–H and O–H groups in total. The molecule has 1 aliphatic carbocycles. The summed E-state index contributed by atoms with van der Waals surface area (Å²) in [5.74, 6) is 1.71. The van der Waals surface area contributed by atoms with E-state index in [1.54, 1.807) is 0 Å². The molecule has 22 heavy (non-hydrogen) atoms. The molecule has 3 nitrogen and oxygen atoms in total. The van der Waals surface area contributed by atoms with Crippen molar-refractivity contribution in [1.29, 1.82) is 0 Å². The molecule has 0 unspecified atom stereocenters. The van der Waals surface area contributed by atoms with Crippen LogP contribution in [0.4, 0.5) is 0 Å². The number of para-hydroxylation sites is 1. The van der Waals surface area contributed by atoms with Gasteiger partial charge in [-0.15, -0.1) is 0 Å². The summed E-state index contributed by atoms with van der Waals surface area (Å²) in [4.78, 5) is 0. The number of benzene rings is 2. The highest BCUT2D eigenvalue weighted by Crippen LogP contribution is 2.49. The van der Waals surface area contributed by atoms with Crippen LogP contribution < -0.4 is 10.5 Å². The second-order valence-electron chi connectivity index (χ2n) is 6.59. The van der Waals surface area contributed by atoms with Gasteiger partial charge in [0.1, 0.15) is 11.5 Å². The molecule has 0 radical (unpaired) electrons. The lowest BCUT2D eigenvalue weighted by molar-refractivity contribution is -0.159. The smallest absolute Gasteiger partial charge is 0.127 e. The maximum absolute atomic E-state index is 6.32. The molecule has 2 bridgehead atoms. The summed E-state index contributed by atoms with van der Waals surface area (Å²) >= 11 is 0. The third-order valence-electron chi connectivity index (χ3n) is 5.03. The van der Waals surface area contributed by atoms with Crippen molar-refractivity contribution in [3.8, 4) is 11.5 Å². The Bertz CT molecular complexity index is 644. The van der Waals surface area contributed by atoms with Crippen LogP contribution in [0.1, 0.15) is 31.2 Å². The zero-order valence-electron chi connectivity index (χ0n) is 12.6. The zero-order valence-corrected chi connectivity index (χ0v) is 12.6. The molecule has 0 amide bonds. The first-order valence-electron chi connectivity index (χ1n) is 7.94. The monoisotopic (exact) mass is 295 g/mol. The SMILES string of the molecule is NC12CCC(c3cccc(Oc4ccccc4)c3)(CC1)OC2. The van der Waals surface area contributed by atoms with E-state index in [0.29, 0.717) is 6.61 Å². The molecular formula is C19H21NO2. The number of hydrogen-bond donors (Lipinski definition) is 1. The van der Waals surface area contributed by atoms with Gasteiger partial charge in [0.25, 0.3) is 0 Å². The molecule has 3 aliphatic rings. The van der Waals surface area contributed by atoms with Gasteiger partial charge in [-0.2, -0.15) is 0 Å². The van der Waals surface area contributed by atoms with E-state index in [-0.39, 0.29) is 11.1 Å². The Labute approximate surface area is 131 Å². The molecule has 2 aromatic rings. The number of rotatable bonds is 3. The minimum Gasteiger partial charge on any atom is -0.457 e. The Morgan fingerprint density at radius 1 is 0.864 bits per heavy atom. The predicted molar refractivity (Wildman–Crippen MR) is 86.0 cm³/mol. The van der Waals surface area contributed by atoms with Crippen LogP contribution in [0.3, 0.4) is 0 Å². The van der Waals surface area contributed by atoms with Crippen molar-refractivity contribution in [2.45, 2.75) is 36.8 Å². The second-order valence-corrected chi connectivity index (χ2v) is 6.59. The van der Waals surface area contributed by atoms with Gasteiger partial charge in [0.2, 0.25) is 0 Å². The van der Waals surface area contributed by atoms with Gasteiger partial charge >= 0.3 is 0 Å². The summed E-state index contributed by atoms with van der Waals surface area (Å²) in [6, 6.07) is 18.2. The molecule has 3 heteroatoms. The Kier molecular flexibility index (Phi) is 3.21. The Balaban J connectivity index is 1.60. The average molecular weight is 295 g/mol. The first-order valence-corrected chi connectivity index (χ1v) is 7.94. The molecular weight excluding hydrogens is 274 g/mol. The number of fused-ring (bicyclic) bond motifs is 3. The highest BCUT2D eigenvalue weighted by Gasteiger charge is 2.48. The lowest BCUT2D eigenvalue weighted by Crippen LogP contribution is -2.58. The molecule has 3 fully saturated rings. The summed E-state index contributed by atoms with van der Waals surface area (Å²) in [7, 11) is 0. The van der Waals surface area contributed by atoms with Crippen LogP contribution in [0.15, 0.2) is 54.6 Å². The molecule has 2 heterocycles. The average Bonchev–Trinajstić information content (AvgIpc) is 2.57. The van der Waals surface area contributed by atoms with Crippen LogP contribution in [0.5, 0.6) is 11.5 Å². The standard InChI is InChI=1S/C19H21NO2/c20-18-9-11-19(12-10-18,21-14-18)15-5-4-8-17(13-15)22-16-6-2-1-3-7-16/h1-8,13H,9-12,14,20H2. The minimum atomic E-state index is -0.169. The number of ether oxygens (including phenoxy) is 2. The van der Waals surface area contributed by atoms with Gasteiger partial charge in [0, 0.05) is 5.54 Å². The van der Waals surface area contributed by atoms with Crippen molar-refractivity contribution in [3.05, 3.63) is 60.2 Å². The molecule has 0 spiro atoms. The van der Waals surface area contributed by atoms with Crippen LogP contribution in [-0.4, -0.2) is 12.1 Å². The fourth-order valence-corrected chi connectivity index (χ4v) is 3.56. The fraction of sp³-hybridized carbons (Fsp3) is 0.368. The Morgan fingerprint density at radius 2 is 1.59 bits per heavy atom. The van der Waals surface area contributed by atoms with E-state index in [4.69, 9.17) is 15.2 Å². The van der Waals surface area contributed by atoms with Crippen molar-refractivity contribution in [2.75, 3.05) is 6.61 Å². The summed E-state index contributed by atoms with van der Waals surface area (Å²) in [6.07, 6.45) is 4.07. The number of nitrogens with two attached hydrogens (primary N) is 1. The molecule has 1 saturated carbocycles. The van der Waals surface area contributed by atoms with Gasteiger partial charge in [-0.25, -0.2) is 0 Å². The summed E-state index contributed by atoms with van der Waals surface area (Å²) in [6.45, 7) is 0.663.